The third-order valence-electron chi connectivity index (χ3n) is 4.95. The monoisotopic (exact) mass is 392 g/mol. The van der Waals surface area contributed by atoms with E-state index in [0.717, 1.165) is 35.3 Å². The van der Waals surface area contributed by atoms with Crippen molar-refractivity contribution in [3.05, 3.63) is 65.5 Å². The van der Waals surface area contributed by atoms with E-state index >= 15 is 0 Å². The van der Waals surface area contributed by atoms with Crippen LogP contribution < -0.4 is 10.6 Å². The number of aromatic amines is 1. The summed E-state index contributed by atoms with van der Waals surface area (Å²) >= 11 is 0. The number of fused-ring (bicyclic) bond motifs is 1. The maximum atomic E-state index is 12.6. The summed E-state index contributed by atoms with van der Waals surface area (Å²) in [6, 6.07) is 14.7. The van der Waals surface area contributed by atoms with Crippen LogP contribution in [0.4, 0.5) is 0 Å². The van der Waals surface area contributed by atoms with Gasteiger partial charge in [-0.2, -0.15) is 0 Å². The number of imidazole rings is 1. The Morgan fingerprint density at radius 1 is 1.07 bits per heavy atom. The summed E-state index contributed by atoms with van der Waals surface area (Å²) in [6.45, 7) is 6.27. The van der Waals surface area contributed by atoms with E-state index in [1.54, 1.807) is 6.07 Å². The van der Waals surface area contributed by atoms with Crippen LogP contribution in [-0.4, -0.2) is 34.4 Å². The van der Waals surface area contributed by atoms with Crippen molar-refractivity contribution in [2.75, 3.05) is 6.54 Å². The number of carbonyl (C=O) groups excluding carboxylic acids is 2. The second kappa shape index (κ2) is 9.37. The van der Waals surface area contributed by atoms with Crippen LogP contribution in [0.25, 0.3) is 11.0 Å². The van der Waals surface area contributed by atoms with Crippen LogP contribution in [0, 0.1) is 12.8 Å². The molecule has 1 atom stereocenters. The molecule has 6 nitrogen and oxygen atoms in total. The molecule has 152 valence electrons. The van der Waals surface area contributed by atoms with Crippen molar-refractivity contribution in [1.82, 2.24) is 20.6 Å². The van der Waals surface area contributed by atoms with Crippen LogP contribution in [0.15, 0.2) is 48.5 Å². The number of nitrogens with one attached hydrogen (secondary N) is 3. The first kappa shape index (κ1) is 20.6. The number of hydrogen-bond acceptors (Lipinski definition) is 3. The molecule has 2 amide bonds. The van der Waals surface area contributed by atoms with Gasteiger partial charge in [-0.1, -0.05) is 44.2 Å². The summed E-state index contributed by atoms with van der Waals surface area (Å²) in [5.74, 6) is 0.512. The molecule has 0 spiro atoms. The van der Waals surface area contributed by atoms with Gasteiger partial charge < -0.3 is 15.6 Å². The average Bonchev–Trinajstić information content (AvgIpc) is 3.12. The number of aryl methyl sites for hydroxylation is 2. The Morgan fingerprint density at radius 2 is 1.79 bits per heavy atom. The van der Waals surface area contributed by atoms with E-state index < -0.39 is 6.04 Å². The Kier molecular flexibility index (Phi) is 6.65. The van der Waals surface area contributed by atoms with Crippen LogP contribution in [0.2, 0.25) is 0 Å². The number of hydrogen-bond donors (Lipinski definition) is 3. The highest BCUT2D eigenvalue weighted by atomic mass is 16.2. The fourth-order valence-corrected chi connectivity index (χ4v) is 3.28. The zero-order chi connectivity index (χ0) is 20.8. The molecular weight excluding hydrogens is 364 g/mol. The maximum Gasteiger partial charge on any atom is 0.252 e. The number of H-pyrrole nitrogens is 1. The van der Waals surface area contributed by atoms with Crippen LogP contribution >= 0.6 is 0 Å². The van der Waals surface area contributed by atoms with Gasteiger partial charge in [0, 0.05) is 18.5 Å². The van der Waals surface area contributed by atoms with Gasteiger partial charge >= 0.3 is 0 Å². The van der Waals surface area contributed by atoms with E-state index in [1.165, 1.54) is 0 Å². The number of benzene rings is 2. The molecule has 0 saturated carbocycles. The Morgan fingerprint density at radius 3 is 2.52 bits per heavy atom. The van der Waals surface area contributed by atoms with Crippen LogP contribution in [-0.2, 0) is 11.2 Å². The van der Waals surface area contributed by atoms with Crippen LogP contribution in [0.1, 0.15) is 42.0 Å². The summed E-state index contributed by atoms with van der Waals surface area (Å²) in [5, 5.41) is 5.82. The van der Waals surface area contributed by atoms with Crippen molar-refractivity contribution in [3.63, 3.8) is 0 Å². The molecule has 0 aliphatic rings. The van der Waals surface area contributed by atoms with Crippen molar-refractivity contribution in [1.29, 1.82) is 0 Å². The van der Waals surface area contributed by atoms with Gasteiger partial charge in [-0.05, 0) is 43.0 Å². The van der Waals surface area contributed by atoms with E-state index in [0.29, 0.717) is 12.1 Å². The molecule has 6 heteroatoms. The molecule has 0 saturated heterocycles. The topological polar surface area (TPSA) is 86.9 Å². The lowest BCUT2D eigenvalue weighted by Crippen LogP contribution is -2.50. The van der Waals surface area contributed by atoms with E-state index in [9.17, 15) is 9.59 Å². The van der Waals surface area contributed by atoms with E-state index in [-0.39, 0.29) is 17.7 Å². The second-order valence-electron chi connectivity index (χ2n) is 7.61. The molecule has 0 aliphatic carbocycles. The lowest BCUT2D eigenvalue weighted by Gasteiger charge is -2.22. The van der Waals surface area contributed by atoms with Crippen molar-refractivity contribution >= 4 is 22.8 Å². The number of amides is 2. The molecule has 1 aromatic heterocycles. The molecule has 2 aromatic carbocycles. The van der Waals surface area contributed by atoms with Crippen LogP contribution in [0.5, 0.6) is 0 Å². The Labute approximate surface area is 171 Å². The Bertz CT molecular complexity index is 960. The minimum atomic E-state index is -0.576. The molecule has 0 aliphatic heterocycles. The fourth-order valence-electron chi connectivity index (χ4n) is 3.28. The average molecular weight is 393 g/mol. The zero-order valence-corrected chi connectivity index (χ0v) is 17.2. The quantitative estimate of drug-likeness (QED) is 0.514. The highest BCUT2D eigenvalue weighted by Gasteiger charge is 2.24. The Balaban J connectivity index is 1.51. The first-order chi connectivity index (χ1) is 14.0. The van der Waals surface area contributed by atoms with Crippen LogP contribution in [0.3, 0.4) is 0 Å². The normalized spacial score (nSPS) is 12.1. The fraction of sp³-hybridized carbons (Fsp3) is 0.348. The number of carbonyl (C=O) groups is 2. The number of nitrogens with zero attached hydrogens (tertiary/aromatic N) is 1. The molecule has 3 N–H and O–H groups in total. The molecule has 0 radical (unpaired) electrons. The van der Waals surface area contributed by atoms with Crippen molar-refractivity contribution in [2.45, 2.75) is 39.7 Å². The molecular formula is C23H28N4O2. The van der Waals surface area contributed by atoms with Gasteiger partial charge in [0.1, 0.15) is 11.9 Å². The number of aromatic nitrogens is 2. The van der Waals surface area contributed by atoms with E-state index in [1.807, 2.05) is 63.2 Å². The Hall–Kier alpha value is -3.15. The minimum absolute atomic E-state index is 0.0154. The molecule has 3 rings (SSSR count). The highest BCUT2D eigenvalue weighted by Crippen LogP contribution is 2.12. The second-order valence-corrected chi connectivity index (χ2v) is 7.61. The van der Waals surface area contributed by atoms with Crippen molar-refractivity contribution in [3.8, 4) is 0 Å². The predicted molar refractivity (Wildman–Crippen MR) is 115 cm³/mol. The minimum Gasteiger partial charge on any atom is -0.354 e. The smallest absolute Gasteiger partial charge is 0.252 e. The maximum absolute atomic E-state index is 12.6. The molecule has 3 aromatic rings. The van der Waals surface area contributed by atoms with Gasteiger partial charge in [0.2, 0.25) is 5.91 Å². The lowest BCUT2D eigenvalue weighted by atomic mass is 10.0. The SMILES string of the molecule is Cc1ccccc1C(=O)NC(C(=O)NCCCc1nc2ccccc2[nH]1)C(C)C. The van der Waals surface area contributed by atoms with Gasteiger partial charge in [0.25, 0.3) is 5.91 Å². The first-order valence-electron chi connectivity index (χ1n) is 10.0. The molecule has 1 heterocycles. The zero-order valence-electron chi connectivity index (χ0n) is 17.2. The molecule has 0 bridgehead atoms. The van der Waals surface area contributed by atoms with Gasteiger partial charge in [-0.3, -0.25) is 9.59 Å². The lowest BCUT2D eigenvalue weighted by molar-refractivity contribution is -0.123. The predicted octanol–water partition coefficient (Wildman–Crippen LogP) is 3.37. The summed E-state index contributed by atoms with van der Waals surface area (Å²) < 4.78 is 0. The largest absolute Gasteiger partial charge is 0.354 e. The molecule has 0 fully saturated rings. The number of para-hydroxylation sites is 2. The molecule has 1 unspecified atom stereocenters. The summed E-state index contributed by atoms with van der Waals surface area (Å²) in [5.41, 5.74) is 3.45. The van der Waals surface area contributed by atoms with Crippen molar-refractivity contribution in [2.24, 2.45) is 5.92 Å². The standard InChI is InChI=1S/C23H28N4O2/c1-15(2)21(27-22(28)17-10-5-4-9-16(17)3)23(29)24-14-8-13-20-25-18-11-6-7-12-19(18)26-20/h4-7,9-12,15,21H,8,13-14H2,1-3H3,(H,24,29)(H,25,26)(H,27,28). The van der Waals surface area contributed by atoms with E-state index in [2.05, 4.69) is 20.6 Å². The summed E-state index contributed by atoms with van der Waals surface area (Å²) in [6.07, 6.45) is 1.51. The van der Waals surface area contributed by atoms with E-state index in [4.69, 9.17) is 0 Å². The number of rotatable bonds is 8. The third-order valence-corrected chi connectivity index (χ3v) is 4.95. The van der Waals surface area contributed by atoms with Gasteiger partial charge in [0.15, 0.2) is 0 Å². The van der Waals surface area contributed by atoms with Crippen molar-refractivity contribution < 1.29 is 9.59 Å². The third kappa shape index (κ3) is 5.22. The van der Waals surface area contributed by atoms with Gasteiger partial charge in [0.05, 0.1) is 11.0 Å². The van der Waals surface area contributed by atoms with Gasteiger partial charge in [-0.15, -0.1) is 0 Å². The highest BCUT2D eigenvalue weighted by molar-refractivity contribution is 5.98. The van der Waals surface area contributed by atoms with Gasteiger partial charge in [-0.25, -0.2) is 4.98 Å². The summed E-state index contributed by atoms with van der Waals surface area (Å²) in [4.78, 5) is 33.1. The first-order valence-corrected chi connectivity index (χ1v) is 10.0. The summed E-state index contributed by atoms with van der Waals surface area (Å²) in [7, 11) is 0. The molecule has 29 heavy (non-hydrogen) atoms.